The third-order valence-electron chi connectivity index (χ3n) is 5.63. The number of ether oxygens (including phenoxy) is 1. The number of nitrogens with two attached hydrogens (primary N) is 2. The van der Waals surface area contributed by atoms with Gasteiger partial charge in [-0.3, -0.25) is 0 Å². The standard InChI is InChI=1S/C24H28N4O2/c1-15-7-9-16(10-8-15)14-30-21-6-2-5-20(29)22(21)19-12-18(23(25)24(26)28-19)17-4-3-11-27-13-17/h2,5-10,12,17,27,29H,3-4,11,13-14,25H2,1H3,(H2,26,28). The second-order valence-electron chi connectivity index (χ2n) is 7.86. The van der Waals surface area contributed by atoms with Crippen molar-refractivity contribution in [2.45, 2.75) is 32.3 Å². The molecular formula is C24H28N4O2. The van der Waals surface area contributed by atoms with E-state index in [9.17, 15) is 5.11 Å². The molecule has 1 fully saturated rings. The number of aromatic hydroxyl groups is 1. The van der Waals surface area contributed by atoms with Gasteiger partial charge in [0.05, 0.1) is 16.9 Å². The first kappa shape index (κ1) is 20.0. The van der Waals surface area contributed by atoms with Crippen LogP contribution in [0.15, 0.2) is 48.5 Å². The number of nitrogen functional groups attached to an aromatic ring is 2. The Kier molecular flexibility index (Phi) is 5.77. The van der Waals surface area contributed by atoms with Crippen LogP contribution >= 0.6 is 0 Å². The van der Waals surface area contributed by atoms with E-state index in [0.29, 0.717) is 29.3 Å². The molecule has 0 saturated carbocycles. The second kappa shape index (κ2) is 8.63. The molecule has 1 aromatic heterocycles. The van der Waals surface area contributed by atoms with Crippen LogP contribution in [0.1, 0.15) is 35.4 Å². The predicted octanol–water partition coefficient (Wildman–Crippen LogP) is 3.97. The minimum atomic E-state index is 0.0980. The smallest absolute Gasteiger partial charge is 0.147 e. The van der Waals surface area contributed by atoms with Gasteiger partial charge in [0.25, 0.3) is 0 Å². The lowest BCUT2D eigenvalue weighted by Crippen LogP contribution is -2.29. The molecule has 1 atom stereocenters. The van der Waals surface area contributed by atoms with Gasteiger partial charge in [-0.1, -0.05) is 35.9 Å². The summed E-state index contributed by atoms with van der Waals surface area (Å²) in [4.78, 5) is 4.48. The molecule has 0 aliphatic carbocycles. The van der Waals surface area contributed by atoms with Crippen LogP contribution in [-0.4, -0.2) is 23.2 Å². The van der Waals surface area contributed by atoms with Crippen molar-refractivity contribution in [3.63, 3.8) is 0 Å². The fraction of sp³-hybridized carbons (Fsp3) is 0.292. The van der Waals surface area contributed by atoms with E-state index in [2.05, 4.69) is 29.4 Å². The number of hydrogen-bond acceptors (Lipinski definition) is 6. The van der Waals surface area contributed by atoms with Gasteiger partial charge in [-0.15, -0.1) is 0 Å². The van der Waals surface area contributed by atoms with Crippen molar-refractivity contribution >= 4 is 11.5 Å². The molecular weight excluding hydrogens is 376 g/mol. The normalized spacial score (nSPS) is 16.4. The molecule has 6 N–H and O–H groups in total. The molecule has 6 heteroatoms. The van der Waals surface area contributed by atoms with Gasteiger partial charge in [0.15, 0.2) is 0 Å². The van der Waals surface area contributed by atoms with Crippen LogP contribution in [0.2, 0.25) is 0 Å². The van der Waals surface area contributed by atoms with Gasteiger partial charge < -0.3 is 26.6 Å². The number of hydrogen-bond donors (Lipinski definition) is 4. The van der Waals surface area contributed by atoms with Crippen LogP contribution < -0.4 is 21.5 Å². The molecule has 0 spiro atoms. The highest BCUT2D eigenvalue weighted by atomic mass is 16.5. The van der Waals surface area contributed by atoms with Gasteiger partial charge in [-0.05, 0) is 61.6 Å². The molecule has 1 unspecified atom stereocenters. The summed E-state index contributed by atoms with van der Waals surface area (Å²) in [5, 5.41) is 14.0. The van der Waals surface area contributed by atoms with Crippen molar-refractivity contribution < 1.29 is 9.84 Å². The molecule has 0 radical (unpaired) electrons. The zero-order valence-electron chi connectivity index (χ0n) is 17.2. The first-order chi connectivity index (χ1) is 14.5. The Morgan fingerprint density at radius 3 is 2.70 bits per heavy atom. The van der Waals surface area contributed by atoms with Gasteiger partial charge in [0.1, 0.15) is 23.9 Å². The van der Waals surface area contributed by atoms with E-state index in [-0.39, 0.29) is 17.5 Å². The maximum absolute atomic E-state index is 10.6. The highest BCUT2D eigenvalue weighted by Gasteiger charge is 2.22. The Bertz CT molecular complexity index is 1030. The summed E-state index contributed by atoms with van der Waals surface area (Å²) in [7, 11) is 0. The Labute approximate surface area is 176 Å². The number of phenolic OH excluding ortho intramolecular Hbond substituents is 1. The molecule has 1 aliphatic rings. The lowest BCUT2D eigenvalue weighted by atomic mass is 9.89. The van der Waals surface area contributed by atoms with Crippen molar-refractivity contribution in [3.05, 3.63) is 65.2 Å². The van der Waals surface area contributed by atoms with E-state index in [1.165, 1.54) is 5.56 Å². The van der Waals surface area contributed by atoms with E-state index in [4.69, 9.17) is 16.2 Å². The Hall–Kier alpha value is -3.25. The molecule has 156 valence electrons. The Morgan fingerprint density at radius 2 is 1.97 bits per heavy atom. The number of benzene rings is 2. The molecule has 1 saturated heterocycles. The second-order valence-corrected chi connectivity index (χ2v) is 7.86. The minimum Gasteiger partial charge on any atom is -0.507 e. The van der Waals surface area contributed by atoms with Crippen LogP contribution in [0.5, 0.6) is 11.5 Å². The van der Waals surface area contributed by atoms with Crippen molar-refractivity contribution in [3.8, 4) is 22.8 Å². The number of piperidine rings is 1. The molecule has 0 bridgehead atoms. The predicted molar refractivity (Wildman–Crippen MR) is 121 cm³/mol. The number of anilines is 2. The van der Waals surface area contributed by atoms with Crippen LogP contribution in [0, 0.1) is 6.92 Å². The summed E-state index contributed by atoms with van der Waals surface area (Å²) in [5.74, 6) is 1.20. The van der Waals surface area contributed by atoms with Gasteiger partial charge >= 0.3 is 0 Å². The zero-order valence-corrected chi connectivity index (χ0v) is 17.2. The van der Waals surface area contributed by atoms with E-state index < -0.39 is 0 Å². The number of nitrogens with one attached hydrogen (secondary N) is 1. The molecule has 30 heavy (non-hydrogen) atoms. The first-order valence-corrected chi connectivity index (χ1v) is 10.3. The number of aryl methyl sites for hydroxylation is 1. The number of nitrogens with zero attached hydrogens (tertiary/aromatic N) is 1. The molecule has 4 rings (SSSR count). The van der Waals surface area contributed by atoms with E-state index in [1.807, 2.05) is 24.3 Å². The Balaban J connectivity index is 1.69. The SMILES string of the molecule is Cc1ccc(COc2cccc(O)c2-c2cc(C3CCCNC3)c(N)c(N)n2)cc1. The average Bonchev–Trinajstić information content (AvgIpc) is 2.76. The van der Waals surface area contributed by atoms with E-state index in [0.717, 1.165) is 37.1 Å². The van der Waals surface area contributed by atoms with Gasteiger partial charge in [0.2, 0.25) is 0 Å². The largest absolute Gasteiger partial charge is 0.507 e. The molecule has 2 heterocycles. The average molecular weight is 405 g/mol. The highest BCUT2D eigenvalue weighted by Crippen LogP contribution is 2.41. The van der Waals surface area contributed by atoms with Crippen molar-refractivity contribution in [2.75, 3.05) is 24.6 Å². The Morgan fingerprint density at radius 1 is 1.17 bits per heavy atom. The molecule has 6 nitrogen and oxygen atoms in total. The number of phenols is 1. The maximum Gasteiger partial charge on any atom is 0.147 e. The van der Waals surface area contributed by atoms with Crippen molar-refractivity contribution in [1.29, 1.82) is 0 Å². The number of aromatic nitrogens is 1. The minimum absolute atomic E-state index is 0.0980. The topological polar surface area (TPSA) is 106 Å². The lowest BCUT2D eigenvalue weighted by Gasteiger charge is -2.25. The molecule has 2 aromatic carbocycles. The van der Waals surface area contributed by atoms with Crippen LogP contribution in [0.3, 0.4) is 0 Å². The highest BCUT2D eigenvalue weighted by molar-refractivity contribution is 5.78. The maximum atomic E-state index is 10.6. The zero-order chi connectivity index (χ0) is 21.1. The monoisotopic (exact) mass is 404 g/mol. The van der Waals surface area contributed by atoms with Crippen LogP contribution in [0.25, 0.3) is 11.3 Å². The van der Waals surface area contributed by atoms with E-state index in [1.54, 1.807) is 12.1 Å². The van der Waals surface area contributed by atoms with Gasteiger partial charge in [-0.25, -0.2) is 4.98 Å². The third kappa shape index (κ3) is 4.19. The molecule has 3 aromatic rings. The van der Waals surface area contributed by atoms with Crippen molar-refractivity contribution in [2.24, 2.45) is 0 Å². The summed E-state index contributed by atoms with van der Waals surface area (Å²) in [5.41, 5.74) is 17.3. The quantitative estimate of drug-likeness (QED) is 0.513. The van der Waals surface area contributed by atoms with Crippen LogP contribution in [-0.2, 0) is 6.61 Å². The van der Waals surface area contributed by atoms with Crippen molar-refractivity contribution in [1.82, 2.24) is 10.3 Å². The summed E-state index contributed by atoms with van der Waals surface area (Å²) in [6.45, 7) is 4.31. The van der Waals surface area contributed by atoms with E-state index >= 15 is 0 Å². The lowest BCUT2D eigenvalue weighted by molar-refractivity contribution is 0.306. The van der Waals surface area contributed by atoms with Gasteiger partial charge in [0, 0.05) is 6.54 Å². The summed E-state index contributed by atoms with van der Waals surface area (Å²) in [6, 6.07) is 15.3. The van der Waals surface area contributed by atoms with Gasteiger partial charge in [-0.2, -0.15) is 0 Å². The molecule has 1 aliphatic heterocycles. The third-order valence-corrected chi connectivity index (χ3v) is 5.63. The summed E-state index contributed by atoms with van der Waals surface area (Å²) >= 11 is 0. The molecule has 0 amide bonds. The first-order valence-electron chi connectivity index (χ1n) is 10.3. The fourth-order valence-electron chi connectivity index (χ4n) is 3.92. The number of pyridine rings is 1. The fourth-order valence-corrected chi connectivity index (χ4v) is 3.92. The summed E-state index contributed by atoms with van der Waals surface area (Å²) < 4.78 is 6.07. The summed E-state index contributed by atoms with van der Waals surface area (Å²) in [6.07, 6.45) is 2.13. The number of rotatable bonds is 5. The van der Waals surface area contributed by atoms with Crippen LogP contribution in [0.4, 0.5) is 11.5 Å².